The first-order valence-corrected chi connectivity index (χ1v) is 8.31. The van der Waals surface area contributed by atoms with E-state index in [1.54, 1.807) is 6.07 Å². The second-order valence-electron chi connectivity index (χ2n) is 5.68. The standard InChI is InChI=1S/C17H18Cl2N2O2/c1-12-5-6-16(23-12)17(22)21-9-7-20(8-10-21)11-13-14(18)3-2-4-15(13)19/h2-6H,7-11H2,1H3. The van der Waals surface area contributed by atoms with E-state index in [4.69, 9.17) is 27.6 Å². The van der Waals surface area contributed by atoms with Crippen LogP contribution in [0.3, 0.4) is 0 Å². The van der Waals surface area contributed by atoms with Crippen LogP contribution in [0.1, 0.15) is 21.9 Å². The molecule has 0 radical (unpaired) electrons. The van der Waals surface area contributed by atoms with E-state index >= 15 is 0 Å². The molecule has 1 amide bonds. The number of halogens is 2. The maximum atomic E-state index is 12.4. The van der Waals surface area contributed by atoms with Gasteiger partial charge >= 0.3 is 0 Å². The molecule has 6 heteroatoms. The number of benzene rings is 1. The van der Waals surface area contributed by atoms with E-state index in [-0.39, 0.29) is 5.91 Å². The maximum absolute atomic E-state index is 12.4. The molecule has 1 aliphatic heterocycles. The molecular formula is C17H18Cl2N2O2. The summed E-state index contributed by atoms with van der Waals surface area (Å²) < 4.78 is 5.41. The molecule has 0 spiro atoms. The Balaban J connectivity index is 1.59. The molecule has 3 rings (SSSR count). The first-order chi connectivity index (χ1) is 11.0. The van der Waals surface area contributed by atoms with Gasteiger partial charge in [0.25, 0.3) is 5.91 Å². The normalized spacial score (nSPS) is 15.9. The topological polar surface area (TPSA) is 36.7 Å². The molecule has 23 heavy (non-hydrogen) atoms. The Kier molecular flexibility index (Phi) is 4.95. The minimum atomic E-state index is -0.0477. The molecule has 0 atom stereocenters. The lowest BCUT2D eigenvalue weighted by molar-refractivity contribution is 0.0596. The molecule has 0 aliphatic carbocycles. The minimum absolute atomic E-state index is 0.0477. The SMILES string of the molecule is Cc1ccc(C(=O)N2CCN(Cc3c(Cl)cccc3Cl)CC2)o1. The number of aryl methyl sites for hydroxylation is 1. The van der Waals surface area contributed by atoms with Crippen molar-refractivity contribution < 1.29 is 9.21 Å². The van der Waals surface area contributed by atoms with E-state index < -0.39 is 0 Å². The first-order valence-electron chi connectivity index (χ1n) is 7.55. The highest BCUT2D eigenvalue weighted by molar-refractivity contribution is 6.35. The van der Waals surface area contributed by atoms with Crippen LogP contribution in [0.15, 0.2) is 34.7 Å². The van der Waals surface area contributed by atoms with Crippen molar-refractivity contribution in [3.05, 3.63) is 57.5 Å². The summed E-state index contributed by atoms with van der Waals surface area (Å²) in [6, 6.07) is 9.08. The Labute approximate surface area is 145 Å². The zero-order chi connectivity index (χ0) is 16.4. The Morgan fingerprint density at radius 2 is 1.74 bits per heavy atom. The van der Waals surface area contributed by atoms with Gasteiger partial charge in [-0.15, -0.1) is 0 Å². The molecule has 4 nitrogen and oxygen atoms in total. The molecule has 1 fully saturated rings. The number of furan rings is 1. The molecule has 1 saturated heterocycles. The number of carbonyl (C=O) groups excluding carboxylic acids is 1. The molecule has 1 aromatic heterocycles. The van der Waals surface area contributed by atoms with E-state index in [1.807, 2.05) is 36.1 Å². The zero-order valence-corrected chi connectivity index (χ0v) is 14.4. The summed E-state index contributed by atoms with van der Waals surface area (Å²) in [4.78, 5) is 16.4. The van der Waals surface area contributed by atoms with Crippen molar-refractivity contribution in [2.75, 3.05) is 26.2 Å². The molecule has 0 saturated carbocycles. The van der Waals surface area contributed by atoms with Crippen molar-refractivity contribution in [2.24, 2.45) is 0 Å². The fourth-order valence-corrected chi connectivity index (χ4v) is 3.24. The predicted octanol–water partition coefficient (Wildman–Crippen LogP) is 3.85. The van der Waals surface area contributed by atoms with Crippen molar-refractivity contribution in [1.82, 2.24) is 9.80 Å². The number of carbonyl (C=O) groups is 1. The number of nitrogens with zero attached hydrogens (tertiary/aromatic N) is 2. The third-order valence-electron chi connectivity index (χ3n) is 4.05. The second kappa shape index (κ2) is 6.95. The predicted molar refractivity (Wildman–Crippen MR) is 91.1 cm³/mol. The average molecular weight is 353 g/mol. The van der Waals surface area contributed by atoms with Gasteiger partial charge in [0.05, 0.1) is 0 Å². The van der Waals surface area contributed by atoms with Gasteiger partial charge in [0.15, 0.2) is 5.76 Å². The highest BCUT2D eigenvalue weighted by atomic mass is 35.5. The average Bonchev–Trinajstić information content (AvgIpc) is 2.97. The molecule has 2 heterocycles. The van der Waals surface area contributed by atoms with Gasteiger partial charge < -0.3 is 9.32 Å². The van der Waals surface area contributed by atoms with Crippen LogP contribution >= 0.6 is 23.2 Å². The summed E-state index contributed by atoms with van der Waals surface area (Å²) in [5, 5.41) is 1.36. The lowest BCUT2D eigenvalue weighted by Gasteiger charge is -2.34. The van der Waals surface area contributed by atoms with Crippen LogP contribution in [-0.4, -0.2) is 41.9 Å². The Morgan fingerprint density at radius 3 is 2.30 bits per heavy atom. The summed E-state index contributed by atoms with van der Waals surface area (Å²) in [6.07, 6.45) is 0. The first kappa shape index (κ1) is 16.4. The number of piperazine rings is 1. The van der Waals surface area contributed by atoms with Crippen LogP contribution < -0.4 is 0 Å². The maximum Gasteiger partial charge on any atom is 0.289 e. The molecule has 0 unspecified atom stereocenters. The highest BCUT2D eigenvalue weighted by Gasteiger charge is 2.24. The van der Waals surface area contributed by atoms with E-state index in [0.29, 0.717) is 35.4 Å². The molecule has 1 aliphatic rings. The van der Waals surface area contributed by atoms with Crippen molar-refractivity contribution in [3.63, 3.8) is 0 Å². The van der Waals surface area contributed by atoms with Gasteiger partial charge in [-0.05, 0) is 31.2 Å². The number of hydrogen-bond acceptors (Lipinski definition) is 3. The smallest absolute Gasteiger partial charge is 0.289 e. The van der Waals surface area contributed by atoms with Gasteiger partial charge in [-0.1, -0.05) is 29.3 Å². The summed E-state index contributed by atoms with van der Waals surface area (Å²) in [7, 11) is 0. The van der Waals surface area contributed by atoms with Crippen LogP contribution in [0.5, 0.6) is 0 Å². The summed E-state index contributed by atoms with van der Waals surface area (Å²) in [6.45, 7) is 5.43. The summed E-state index contributed by atoms with van der Waals surface area (Å²) >= 11 is 12.4. The van der Waals surface area contributed by atoms with E-state index in [9.17, 15) is 4.79 Å². The molecule has 0 N–H and O–H groups in total. The molecule has 1 aromatic carbocycles. The lowest BCUT2D eigenvalue weighted by Crippen LogP contribution is -2.48. The van der Waals surface area contributed by atoms with Gasteiger partial charge in [0, 0.05) is 48.3 Å². The minimum Gasteiger partial charge on any atom is -0.456 e. The fourth-order valence-electron chi connectivity index (χ4n) is 2.72. The number of amides is 1. The van der Waals surface area contributed by atoms with E-state index in [0.717, 1.165) is 24.4 Å². The monoisotopic (exact) mass is 352 g/mol. The zero-order valence-electron chi connectivity index (χ0n) is 12.9. The van der Waals surface area contributed by atoms with Crippen LogP contribution in [0.2, 0.25) is 10.0 Å². The quantitative estimate of drug-likeness (QED) is 0.841. The summed E-state index contributed by atoms with van der Waals surface area (Å²) in [5.74, 6) is 1.11. The largest absolute Gasteiger partial charge is 0.456 e. The Hall–Kier alpha value is -1.49. The van der Waals surface area contributed by atoms with Crippen molar-refractivity contribution in [3.8, 4) is 0 Å². The Morgan fingerprint density at radius 1 is 1.09 bits per heavy atom. The van der Waals surface area contributed by atoms with Gasteiger partial charge in [0.2, 0.25) is 0 Å². The van der Waals surface area contributed by atoms with Gasteiger partial charge in [-0.2, -0.15) is 0 Å². The van der Waals surface area contributed by atoms with Crippen LogP contribution in [0, 0.1) is 6.92 Å². The van der Waals surface area contributed by atoms with Crippen molar-refractivity contribution in [2.45, 2.75) is 13.5 Å². The summed E-state index contributed by atoms with van der Waals surface area (Å²) in [5.41, 5.74) is 0.942. The van der Waals surface area contributed by atoms with Crippen LogP contribution in [-0.2, 0) is 6.54 Å². The van der Waals surface area contributed by atoms with Crippen LogP contribution in [0.4, 0.5) is 0 Å². The highest BCUT2D eigenvalue weighted by Crippen LogP contribution is 2.26. The lowest BCUT2D eigenvalue weighted by atomic mass is 10.2. The molecule has 122 valence electrons. The third-order valence-corrected chi connectivity index (χ3v) is 4.76. The van der Waals surface area contributed by atoms with Gasteiger partial charge in [-0.25, -0.2) is 0 Å². The number of rotatable bonds is 3. The van der Waals surface area contributed by atoms with E-state index in [1.165, 1.54) is 0 Å². The molecule has 2 aromatic rings. The Bertz CT molecular complexity index is 686. The fraction of sp³-hybridized carbons (Fsp3) is 0.353. The van der Waals surface area contributed by atoms with E-state index in [2.05, 4.69) is 4.90 Å². The molecule has 0 bridgehead atoms. The third kappa shape index (κ3) is 3.71. The van der Waals surface area contributed by atoms with Crippen molar-refractivity contribution >= 4 is 29.1 Å². The molecular weight excluding hydrogens is 335 g/mol. The van der Waals surface area contributed by atoms with Crippen molar-refractivity contribution in [1.29, 1.82) is 0 Å². The van der Waals surface area contributed by atoms with Crippen LogP contribution in [0.25, 0.3) is 0 Å². The van der Waals surface area contributed by atoms with Gasteiger partial charge in [-0.3, -0.25) is 9.69 Å². The number of hydrogen-bond donors (Lipinski definition) is 0. The van der Waals surface area contributed by atoms with Gasteiger partial charge in [0.1, 0.15) is 5.76 Å². The second-order valence-corrected chi connectivity index (χ2v) is 6.49.